The van der Waals surface area contributed by atoms with E-state index in [9.17, 15) is 9.59 Å². The molecule has 4 aromatic carbocycles. The molecule has 0 saturated carbocycles. The largest absolute Gasteiger partial charge is 0.488 e. The van der Waals surface area contributed by atoms with Crippen molar-refractivity contribution in [3.05, 3.63) is 129 Å². The lowest BCUT2D eigenvalue weighted by Crippen LogP contribution is -2.38. The number of hydrogen-bond donors (Lipinski definition) is 4. The Hall–Kier alpha value is -3.48. The number of carbonyl (C=O) groups is 2. The number of rotatable bonds is 9. The van der Waals surface area contributed by atoms with Crippen LogP contribution in [0.1, 0.15) is 52.7 Å². The molecule has 0 aliphatic carbocycles. The van der Waals surface area contributed by atoms with Crippen LogP contribution in [0, 0.1) is 0 Å². The molecule has 8 nitrogen and oxygen atoms in total. The van der Waals surface area contributed by atoms with E-state index in [2.05, 4.69) is 37.2 Å². The van der Waals surface area contributed by atoms with Gasteiger partial charge in [-0.2, -0.15) is 0 Å². The fourth-order valence-electron chi connectivity index (χ4n) is 4.13. The molecule has 49 heavy (non-hydrogen) atoms. The van der Waals surface area contributed by atoms with E-state index >= 15 is 0 Å². The number of carbonyl (C=O) groups excluding carboxylic acids is 2. The van der Waals surface area contributed by atoms with Gasteiger partial charge in [-0.05, 0) is 101 Å². The zero-order valence-corrected chi connectivity index (χ0v) is 32.1. The molecule has 4 aromatic rings. The van der Waals surface area contributed by atoms with E-state index in [1.54, 1.807) is 24.3 Å². The standard InChI is InChI=1S/C19H22BrNO2.C13H19NO2.C6H6BBrO2/c1-19(2,3)23-18(22)17(13-14-7-5-4-6-8-14)21-16-11-9-15(20)10-12-16;1-13(2,3)16-12(15)11(14)9-10-7-5-4-6-8-10;8-6-3-1-5(2-4-6)7(9)10/h4-12,17,21H,13H2,1-3H3;4-8,11H,9,14H2,1-3H3;1-4,9-10H/t17-;11-;/m00./s1. The molecule has 0 aliphatic rings. The van der Waals surface area contributed by atoms with Crippen molar-refractivity contribution in [1.29, 1.82) is 0 Å². The van der Waals surface area contributed by atoms with E-state index in [1.807, 2.05) is 126 Å². The fourth-order valence-corrected chi connectivity index (χ4v) is 4.66. The van der Waals surface area contributed by atoms with Crippen molar-refractivity contribution >= 4 is 62.1 Å². The summed E-state index contributed by atoms with van der Waals surface area (Å²) in [5, 5.41) is 20.6. The Bertz CT molecular complexity index is 1540. The van der Waals surface area contributed by atoms with Crippen molar-refractivity contribution in [3.63, 3.8) is 0 Å². The van der Waals surface area contributed by atoms with Crippen LogP contribution in [0.15, 0.2) is 118 Å². The highest BCUT2D eigenvalue weighted by Gasteiger charge is 2.26. The molecule has 2 atom stereocenters. The first kappa shape index (κ1) is 41.7. The maximum absolute atomic E-state index is 12.5. The molecule has 5 N–H and O–H groups in total. The van der Waals surface area contributed by atoms with Crippen molar-refractivity contribution in [1.82, 2.24) is 0 Å². The van der Waals surface area contributed by atoms with Gasteiger partial charge in [-0.15, -0.1) is 0 Å². The van der Waals surface area contributed by atoms with Gasteiger partial charge in [0.05, 0.1) is 0 Å². The smallest absolute Gasteiger partial charge is 0.459 e. The van der Waals surface area contributed by atoms with Gasteiger partial charge in [-0.1, -0.05) is 105 Å². The molecule has 4 rings (SSSR count). The maximum atomic E-state index is 12.5. The number of nitrogens with two attached hydrogens (primary N) is 1. The van der Waals surface area contributed by atoms with Crippen molar-refractivity contribution < 1.29 is 29.1 Å². The molecule has 0 bridgehead atoms. The third kappa shape index (κ3) is 18.2. The summed E-state index contributed by atoms with van der Waals surface area (Å²) in [5.41, 5.74) is 8.32. The predicted molar refractivity (Wildman–Crippen MR) is 205 cm³/mol. The first-order chi connectivity index (χ1) is 22.9. The summed E-state index contributed by atoms with van der Waals surface area (Å²) < 4.78 is 12.7. The van der Waals surface area contributed by atoms with Crippen LogP contribution < -0.4 is 16.5 Å². The van der Waals surface area contributed by atoms with Crippen LogP contribution in [0.25, 0.3) is 0 Å². The summed E-state index contributed by atoms with van der Waals surface area (Å²) in [7, 11) is -1.37. The molecule has 0 saturated heterocycles. The SMILES string of the molecule is CC(C)(C)OC(=O)[C@@H](N)Cc1ccccc1.CC(C)(C)OC(=O)[C@H](Cc1ccccc1)Nc1ccc(Br)cc1.OB(O)c1ccc(Br)cc1. The third-order valence-electron chi connectivity index (χ3n) is 6.34. The van der Waals surface area contributed by atoms with Crippen LogP contribution in [0.3, 0.4) is 0 Å². The number of benzene rings is 4. The van der Waals surface area contributed by atoms with Crippen LogP contribution in [0.4, 0.5) is 5.69 Å². The van der Waals surface area contributed by atoms with Gasteiger partial charge in [0, 0.05) is 21.1 Å². The Labute approximate surface area is 307 Å². The van der Waals surface area contributed by atoms with E-state index < -0.39 is 30.4 Å². The summed E-state index contributed by atoms with van der Waals surface area (Å²) >= 11 is 6.65. The van der Waals surface area contributed by atoms with Gasteiger partial charge < -0.3 is 30.6 Å². The molecule has 0 radical (unpaired) electrons. The highest BCUT2D eigenvalue weighted by atomic mass is 79.9. The van der Waals surface area contributed by atoms with Crippen LogP contribution in [-0.4, -0.2) is 52.4 Å². The molecule has 0 unspecified atom stereocenters. The average Bonchev–Trinajstić information content (AvgIpc) is 3.02. The molecule has 0 aliphatic heterocycles. The fraction of sp³-hybridized carbons (Fsp3) is 0.316. The quantitative estimate of drug-likeness (QED) is 0.107. The summed E-state index contributed by atoms with van der Waals surface area (Å²) in [6.07, 6.45) is 1.08. The number of halogens is 2. The van der Waals surface area contributed by atoms with E-state index in [4.69, 9.17) is 25.3 Å². The van der Waals surface area contributed by atoms with E-state index in [1.165, 1.54) is 0 Å². The highest BCUT2D eigenvalue weighted by Crippen LogP contribution is 2.18. The second-order valence-electron chi connectivity index (χ2n) is 13.2. The van der Waals surface area contributed by atoms with Crippen LogP contribution >= 0.6 is 31.9 Å². The number of esters is 2. The van der Waals surface area contributed by atoms with Crippen molar-refractivity contribution in [3.8, 4) is 0 Å². The summed E-state index contributed by atoms with van der Waals surface area (Å²) in [4.78, 5) is 24.2. The Morgan fingerprint density at radius 3 is 1.51 bits per heavy atom. The second-order valence-corrected chi connectivity index (χ2v) is 15.0. The predicted octanol–water partition coefficient (Wildman–Crippen LogP) is 6.84. The molecular formula is C38H47BBr2N2O6. The van der Waals surface area contributed by atoms with E-state index in [-0.39, 0.29) is 11.9 Å². The van der Waals surface area contributed by atoms with Crippen LogP contribution in [0.2, 0.25) is 0 Å². The zero-order valence-electron chi connectivity index (χ0n) is 28.9. The minimum absolute atomic E-state index is 0.246. The van der Waals surface area contributed by atoms with E-state index in [0.717, 1.165) is 25.8 Å². The molecule has 11 heteroatoms. The lowest BCUT2D eigenvalue weighted by molar-refractivity contribution is -0.157. The Kier molecular flexibility index (Phi) is 17.2. The number of nitrogens with one attached hydrogen (secondary N) is 1. The summed E-state index contributed by atoms with van der Waals surface area (Å²) in [6, 6.07) is 33.2. The first-order valence-corrected chi connectivity index (χ1v) is 17.4. The van der Waals surface area contributed by atoms with Gasteiger partial charge >= 0.3 is 19.1 Å². The molecular weight excluding hydrogens is 751 g/mol. The average molecular weight is 798 g/mol. The molecule has 0 spiro atoms. The topological polar surface area (TPSA) is 131 Å². The lowest BCUT2D eigenvalue weighted by atomic mass is 9.81. The number of anilines is 1. The van der Waals surface area contributed by atoms with Gasteiger partial charge in [0.2, 0.25) is 0 Å². The highest BCUT2D eigenvalue weighted by molar-refractivity contribution is 9.10. The van der Waals surface area contributed by atoms with Gasteiger partial charge in [-0.25, -0.2) is 4.79 Å². The molecule has 262 valence electrons. The minimum Gasteiger partial charge on any atom is -0.459 e. The first-order valence-electron chi connectivity index (χ1n) is 15.8. The van der Waals surface area contributed by atoms with Crippen molar-refractivity contribution in [2.24, 2.45) is 5.73 Å². The number of hydrogen-bond acceptors (Lipinski definition) is 8. The monoisotopic (exact) mass is 796 g/mol. The molecule has 0 amide bonds. The summed E-state index contributed by atoms with van der Waals surface area (Å²) in [6.45, 7) is 11.1. The van der Waals surface area contributed by atoms with Gasteiger partial charge in [0.1, 0.15) is 23.3 Å². The Morgan fingerprint density at radius 1 is 0.673 bits per heavy atom. The van der Waals surface area contributed by atoms with Crippen molar-refractivity contribution in [2.75, 3.05) is 5.32 Å². The molecule has 0 fully saturated rings. The van der Waals surface area contributed by atoms with Crippen molar-refractivity contribution in [2.45, 2.75) is 77.7 Å². The molecule has 0 heterocycles. The van der Waals surface area contributed by atoms with Crippen LogP contribution in [-0.2, 0) is 31.9 Å². The zero-order chi connectivity index (χ0) is 36.6. The number of ether oxygens (including phenoxy) is 2. The third-order valence-corrected chi connectivity index (χ3v) is 7.39. The Morgan fingerprint density at radius 2 is 1.08 bits per heavy atom. The minimum atomic E-state index is -1.37. The van der Waals surface area contributed by atoms with Crippen LogP contribution in [0.5, 0.6) is 0 Å². The normalized spacial score (nSPS) is 12.1. The Balaban J connectivity index is 0.000000277. The maximum Gasteiger partial charge on any atom is 0.488 e. The summed E-state index contributed by atoms with van der Waals surface area (Å²) in [5.74, 6) is -0.597. The lowest BCUT2D eigenvalue weighted by Gasteiger charge is -2.25. The molecule has 0 aromatic heterocycles. The second kappa shape index (κ2) is 20.3. The van der Waals surface area contributed by atoms with Gasteiger partial charge in [0.25, 0.3) is 0 Å². The van der Waals surface area contributed by atoms with Gasteiger partial charge in [-0.3, -0.25) is 4.79 Å². The van der Waals surface area contributed by atoms with Gasteiger partial charge in [0.15, 0.2) is 0 Å². The van der Waals surface area contributed by atoms with E-state index in [0.29, 0.717) is 18.3 Å².